The van der Waals surface area contributed by atoms with Crippen LogP contribution in [0.3, 0.4) is 0 Å². The third-order valence-corrected chi connectivity index (χ3v) is 6.08. The number of non-ortho nitro benzene ring substituents is 1. The summed E-state index contributed by atoms with van der Waals surface area (Å²) in [5, 5.41) is 11.2. The van der Waals surface area contributed by atoms with Crippen LogP contribution in [0.1, 0.15) is 16.7 Å². The number of rotatable bonds is 3. The topological polar surface area (TPSA) is 85.6 Å². The van der Waals surface area contributed by atoms with Crippen molar-refractivity contribution in [2.24, 2.45) is 0 Å². The fourth-order valence-electron chi connectivity index (χ4n) is 3.40. The molecule has 0 amide bonds. The van der Waals surface area contributed by atoms with Gasteiger partial charge < -0.3 is 9.64 Å². The summed E-state index contributed by atoms with van der Waals surface area (Å²) < 4.78 is 44.4. The summed E-state index contributed by atoms with van der Waals surface area (Å²) in [4.78, 5) is 28.7. The molecule has 4 rings (SSSR count). The number of hydrogen-bond donors (Lipinski definition) is 0. The number of halogens is 3. The number of anilines is 1. The maximum Gasteiger partial charge on any atom is 0.416 e. The molecule has 0 aliphatic carbocycles. The Bertz CT molecular complexity index is 1230. The Labute approximate surface area is 171 Å². The lowest BCUT2D eigenvalue weighted by molar-refractivity contribution is -0.383. The van der Waals surface area contributed by atoms with Crippen molar-refractivity contribution in [1.82, 2.24) is 4.98 Å². The number of methoxy groups -OCH3 is 1. The molecule has 30 heavy (non-hydrogen) atoms. The standard InChI is InChI=1S/C19H14F3N3O4S/c1-29-13-3-2-10-4-5-24(9-11(10)6-13)18-23-17(26)14-7-12(19(20,21)22)8-15(25(27)28)16(14)30-18/h2-3,6-8H,4-5,9H2,1H3. The van der Waals surface area contributed by atoms with Crippen LogP contribution in [-0.4, -0.2) is 23.6 Å². The highest BCUT2D eigenvalue weighted by Crippen LogP contribution is 2.39. The SMILES string of the molecule is COc1ccc2c(c1)CN(c1nc(=O)c3cc(C(F)(F)F)cc([N+](=O)[O-])c3s1)CC2. The predicted molar refractivity (Wildman–Crippen MR) is 105 cm³/mol. The summed E-state index contributed by atoms with van der Waals surface area (Å²) in [6.45, 7) is 0.914. The Kier molecular flexibility index (Phi) is 4.85. The molecule has 0 radical (unpaired) electrons. The highest BCUT2D eigenvalue weighted by Gasteiger charge is 2.34. The van der Waals surface area contributed by atoms with E-state index in [2.05, 4.69) is 4.98 Å². The van der Waals surface area contributed by atoms with Gasteiger partial charge in [-0.25, -0.2) is 0 Å². The minimum Gasteiger partial charge on any atom is -0.497 e. The van der Waals surface area contributed by atoms with Crippen molar-refractivity contribution in [3.63, 3.8) is 0 Å². The van der Waals surface area contributed by atoms with Crippen LogP contribution in [0.2, 0.25) is 0 Å². The number of aromatic nitrogens is 1. The van der Waals surface area contributed by atoms with Gasteiger partial charge in [0.2, 0.25) is 0 Å². The van der Waals surface area contributed by atoms with Crippen LogP contribution in [0.15, 0.2) is 35.1 Å². The van der Waals surface area contributed by atoms with E-state index >= 15 is 0 Å². The first kappa shape index (κ1) is 20.1. The Balaban J connectivity index is 1.82. The van der Waals surface area contributed by atoms with Gasteiger partial charge in [0.15, 0.2) is 5.13 Å². The van der Waals surface area contributed by atoms with Crippen molar-refractivity contribution in [2.45, 2.75) is 19.1 Å². The number of fused-ring (bicyclic) bond motifs is 2. The molecule has 156 valence electrons. The first-order chi connectivity index (χ1) is 14.2. The van der Waals surface area contributed by atoms with Crippen LogP contribution in [0.5, 0.6) is 5.75 Å². The van der Waals surface area contributed by atoms with Gasteiger partial charge in [-0.2, -0.15) is 18.2 Å². The van der Waals surface area contributed by atoms with E-state index in [-0.39, 0.29) is 9.83 Å². The number of ether oxygens (including phenoxy) is 1. The zero-order chi connectivity index (χ0) is 21.6. The van der Waals surface area contributed by atoms with E-state index in [1.54, 1.807) is 12.0 Å². The van der Waals surface area contributed by atoms with Gasteiger partial charge in [-0.1, -0.05) is 17.4 Å². The van der Waals surface area contributed by atoms with E-state index in [0.717, 1.165) is 22.5 Å². The summed E-state index contributed by atoms with van der Waals surface area (Å²) in [6, 6.07) is 6.74. The molecule has 0 N–H and O–H groups in total. The van der Waals surface area contributed by atoms with Gasteiger partial charge >= 0.3 is 6.18 Å². The molecule has 2 aromatic carbocycles. The second-order valence-electron chi connectivity index (χ2n) is 6.73. The van der Waals surface area contributed by atoms with Crippen LogP contribution < -0.4 is 15.2 Å². The summed E-state index contributed by atoms with van der Waals surface area (Å²) in [5.41, 5.74) is -0.862. The number of hydrogen-bond acceptors (Lipinski definition) is 7. The molecule has 0 bridgehead atoms. The highest BCUT2D eigenvalue weighted by molar-refractivity contribution is 7.22. The van der Waals surface area contributed by atoms with E-state index in [9.17, 15) is 28.1 Å². The fraction of sp³-hybridized carbons (Fsp3) is 0.263. The second kappa shape index (κ2) is 7.24. The molecule has 7 nitrogen and oxygen atoms in total. The number of nitro benzene ring substituents is 1. The van der Waals surface area contributed by atoms with Crippen molar-refractivity contribution in [1.29, 1.82) is 0 Å². The molecule has 1 aliphatic rings. The Morgan fingerprint density at radius 2 is 2.00 bits per heavy atom. The quantitative estimate of drug-likeness (QED) is 0.452. The first-order valence-corrected chi connectivity index (χ1v) is 9.60. The Morgan fingerprint density at radius 3 is 2.67 bits per heavy atom. The lowest BCUT2D eigenvalue weighted by Crippen LogP contribution is -2.31. The van der Waals surface area contributed by atoms with Crippen LogP contribution in [0.25, 0.3) is 10.1 Å². The first-order valence-electron chi connectivity index (χ1n) is 8.78. The molecule has 0 atom stereocenters. The van der Waals surface area contributed by atoms with Crippen molar-refractivity contribution >= 4 is 32.2 Å². The van der Waals surface area contributed by atoms with E-state index in [1.165, 1.54) is 0 Å². The molecule has 3 aromatic rings. The fourth-order valence-corrected chi connectivity index (χ4v) is 4.49. The number of nitro groups is 1. The molecular weight excluding hydrogens is 423 g/mol. The van der Waals surface area contributed by atoms with Crippen LogP contribution >= 0.6 is 11.3 Å². The second-order valence-corrected chi connectivity index (χ2v) is 7.71. The Hall–Kier alpha value is -3.21. The minimum atomic E-state index is -4.82. The lowest BCUT2D eigenvalue weighted by atomic mass is 10.00. The van der Waals surface area contributed by atoms with Gasteiger partial charge in [0.05, 0.1) is 23.0 Å². The average molecular weight is 437 g/mol. The summed E-state index contributed by atoms with van der Waals surface area (Å²) in [7, 11) is 1.55. The normalized spacial score (nSPS) is 13.9. The predicted octanol–water partition coefficient (Wildman–Crippen LogP) is 4.15. The molecule has 1 aromatic heterocycles. The van der Waals surface area contributed by atoms with E-state index in [0.29, 0.717) is 37.4 Å². The summed E-state index contributed by atoms with van der Waals surface area (Å²) in [6.07, 6.45) is -4.15. The maximum absolute atomic E-state index is 13.1. The van der Waals surface area contributed by atoms with Gasteiger partial charge in [-0.05, 0) is 35.7 Å². The highest BCUT2D eigenvalue weighted by atomic mass is 32.1. The number of nitrogens with zero attached hydrogens (tertiary/aromatic N) is 3. The lowest BCUT2D eigenvalue weighted by Gasteiger charge is -2.29. The van der Waals surface area contributed by atoms with E-state index in [4.69, 9.17) is 4.74 Å². The molecule has 0 fully saturated rings. The van der Waals surface area contributed by atoms with Gasteiger partial charge in [0.1, 0.15) is 10.4 Å². The molecular formula is C19H14F3N3O4S. The zero-order valence-electron chi connectivity index (χ0n) is 15.5. The largest absolute Gasteiger partial charge is 0.497 e. The maximum atomic E-state index is 13.1. The smallest absolute Gasteiger partial charge is 0.416 e. The number of benzene rings is 2. The van der Waals surface area contributed by atoms with Gasteiger partial charge in [0, 0.05) is 19.2 Å². The van der Waals surface area contributed by atoms with Crippen LogP contribution in [0, 0.1) is 10.1 Å². The Morgan fingerprint density at radius 1 is 1.23 bits per heavy atom. The van der Waals surface area contributed by atoms with Gasteiger partial charge in [-0.3, -0.25) is 14.9 Å². The van der Waals surface area contributed by atoms with Crippen LogP contribution in [0.4, 0.5) is 24.0 Å². The third kappa shape index (κ3) is 3.56. The molecule has 0 spiro atoms. The van der Waals surface area contributed by atoms with Crippen molar-refractivity contribution in [3.8, 4) is 5.75 Å². The van der Waals surface area contributed by atoms with Gasteiger partial charge in [0.25, 0.3) is 11.2 Å². The molecule has 2 heterocycles. The molecule has 0 saturated heterocycles. The monoisotopic (exact) mass is 437 g/mol. The van der Waals surface area contributed by atoms with E-state index < -0.39 is 33.3 Å². The third-order valence-electron chi connectivity index (χ3n) is 4.91. The van der Waals surface area contributed by atoms with Crippen molar-refractivity contribution in [2.75, 3.05) is 18.6 Å². The molecule has 11 heteroatoms. The molecule has 0 saturated carbocycles. The van der Waals surface area contributed by atoms with Crippen molar-refractivity contribution in [3.05, 3.63) is 67.5 Å². The zero-order valence-corrected chi connectivity index (χ0v) is 16.3. The van der Waals surface area contributed by atoms with Gasteiger partial charge in [-0.15, -0.1) is 0 Å². The summed E-state index contributed by atoms with van der Waals surface area (Å²) >= 11 is 0.841. The van der Waals surface area contributed by atoms with E-state index in [1.807, 2.05) is 18.2 Å². The number of alkyl halides is 3. The van der Waals surface area contributed by atoms with Crippen molar-refractivity contribution < 1.29 is 22.8 Å². The minimum absolute atomic E-state index is 0.126. The summed E-state index contributed by atoms with van der Waals surface area (Å²) in [5.74, 6) is 0.672. The average Bonchev–Trinajstić information content (AvgIpc) is 2.71. The molecule has 0 unspecified atom stereocenters. The van der Waals surface area contributed by atoms with Crippen LogP contribution in [-0.2, 0) is 19.1 Å². The molecule has 1 aliphatic heterocycles.